The molecule has 0 aromatic rings. The van der Waals surface area contributed by atoms with Crippen molar-refractivity contribution in [1.29, 1.82) is 0 Å². The summed E-state index contributed by atoms with van der Waals surface area (Å²) in [7, 11) is 1.57. The van der Waals surface area contributed by atoms with Gasteiger partial charge in [-0.25, -0.2) is 0 Å². The summed E-state index contributed by atoms with van der Waals surface area (Å²) in [5, 5.41) is 16.0. The van der Waals surface area contributed by atoms with Crippen LogP contribution in [0.3, 0.4) is 0 Å². The van der Waals surface area contributed by atoms with Crippen LogP contribution in [0, 0.1) is 17.8 Å². The summed E-state index contributed by atoms with van der Waals surface area (Å²) in [5.41, 5.74) is -2.29. The van der Waals surface area contributed by atoms with Crippen molar-refractivity contribution in [2.24, 2.45) is 17.8 Å². The van der Waals surface area contributed by atoms with E-state index in [-0.39, 0.29) is 30.2 Å². The first kappa shape index (κ1) is 24.0. The van der Waals surface area contributed by atoms with E-state index in [2.05, 4.69) is 10.6 Å². The molecule has 0 radical (unpaired) electrons. The molecule has 3 aliphatic rings. The van der Waals surface area contributed by atoms with Gasteiger partial charge in [-0.15, -0.1) is 0 Å². The normalized spacial score (nSPS) is 36.3. The number of hydrogen-bond acceptors (Lipinski definition) is 5. The molecular weight excluding hydrogens is 398 g/mol. The van der Waals surface area contributed by atoms with Crippen LogP contribution < -0.4 is 10.6 Å². The third kappa shape index (κ3) is 3.46. The third-order valence-electron chi connectivity index (χ3n) is 7.74. The fourth-order valence-electron chi connectivity index (χ4n) is 6.12. The second-order valence-electron chi connectivity index (χ2n) is 10.6. The monoisotopic (exact) mass is 437 g/mol. The highest BCUT2D eigenvalue weighted by molar-refractivity contribution is 5.99. The zero-order chi connectivity index (χ0) is 23.4. The van der Waals surface area contributed by atoms with Gasteiger partial charge in [0.05, 0.1) is 30.1 Å². The van der Waals surface area contributed by atoms with Gasteiger partial charge in [-0.1, -0.05) is 27.2 Å². The molecule has 176 valence electrons. The number of likely N-dealkylation sites (tertiary alicyclic amines) is 1. The number of rotatable bonds is 7. The lowest BCUT2D eigenvalue weighted by atomic mass is 9.65. The lowest BCUT2D eigenvalue weighted by molar-refractivity contribution is -0.153. The van der Waals surface area contributed by atoms with E-state index in [0.29, 0.717) is 19.3 Å². The molecule has 3 rings (SSSR count). The van der Waals surface area contributed by atoms with E-state index in [0.717, 1.165) is 6.42 Å². The number of carbonyl (C=O) groups excluding carboxylic acids is 3. The predicted octanol–water partition coefficient (Wildman–Crippen LogP) is 1.21. The first-order valence-corrected chi connectivity index (χ1v) is 11.6. The second-order valence-corrected chi connectivity index (χ2v) is 10.6. The standard InChI is InChI=1S/C23H39N3O5/c1-8-13(3)14(12-27)26-17(19(29)25-21(4,5)6)23-11-10-22(9-2,31-23)15(18(28)24-7)16(23)20(26)30/h13-17,27H,8-12H2,1-7H3,(H,24,28)(H,25,29)/t13-,14-,15+,16-,17?,22-,23?/m0/s1. The molecular formula is C23H39N3O5. The van der Waals surface area contributed by atoms with Crippen LogP contribution in [-0.2, 0) is 19.1 Å². The van der Waals surface area contributed by atoms with Crippen LogP contribution in [0.1, 0.15) is 67.2 Å². The highest BCUT2D eigenvalue weighted by atomic mass is 16.5. The fourth-order valence-corrected chi connectivity index (χ4v) is 6.12. The van der Waals surface area contributed by atoms with E-state index < -0.39 is 40.7 Å². The van der Waals surface area contributed by atoms with Gasteiger partial charge in [0.1, 0.15) is 11.6 Å². The first-order chi connectivity index (χ1) is 14.4. The van der Waals surface area contributed by atoms with E-state index >= 15 is 0 Å². The molecule has 0 aliphatic carbocycles. The Morgan fingerprint density at radius 3 is 2.39 bits per heavy atom. The van der Waals surface area contributed by atoms with Gasteiger partial charge < -0.3 is 25.4 Å². The molecule has 2 unspecified atom stereocenters. The number of carbonyl (C=O) groups is 3. The molecule has 3 N–H and O–H groups in total. The number of hydrogen-bond donors (Lipinski definition) is 3. The van der Waals surface area contributed by atoms with Gasteiger partial charge in [0.25, 0.3) is 0 Å². The van der Waals surface area contributed by atoms with Gasteiger partial charge in [0, 0.05) is 12.6 Å². The predicted molar refractivity (Wildman–Crippen MR) is 116 cm³/mol. The lowest BCUT2D eigenvalue weighted by Crippen LogP contribution is -2.61. The van der Waals surface area contributed by atoms with Crippen LogP contribution in [-0.4, -0.2) is 70.2 Å². The summed E-state index contributed by atoms with van der Waals surface area (Å²) < 4.78 is 6.65. The maximum Gasteiger partial charge on any atom is 0.246 e. The number of fused-ring (bicyclic) bond motifs is 1. The molecule has 2 bridgehead atoms. The Morgan fingerprint density at radius 2 is 1.90 bits per heavy atom. The number of ether oxygens (including phenoxy) is 1. The van der Waals surface area contributed by atoms with Crippen molar-refractivity contribution >= 4 is 17.7 Å². The van der Waals surface area contributed by atoms with Gasteiger partial charge in [0.15, 0.2) is 0 Å². The molecule has 3 fully saturated rings. The number of nitrogens with zero attached hydrogens (tertiary/aromatic N) is 1. The second kappa shape index (κ2) is 8.03. The van der Waals surface area contributed by atoms with Crippen molar-refractivity contribution in [1.82, 2.24) is 15.5 Å². The average Bonchev–Trinajstić information content (AvgIpc) is 3.30. The molecule has 8 nitrogen and oxygen atoms in total. The van der Waals surface area contributed by atoms with E-state index in [1.54, 1.807) is 11.9 Å². The molecule has 31 heavy (non-hydrogen) atoms. The van der Waals surface area contributed by atoms with Crippen molar-refractivity contribution in [2.75, 3.05) is 13.7 Å². The summed E-state index contributed by atoms with van der Waals surface area (Å²) in [6, 6.07) is -1.39. The molecule has 0 saturated carbocycles. The molecule has 3 heterocycles. The molecule has 0 aromatic heterocycles. The largest absolute Gasteiger partial charge is 0.394 e. The zero-order valence-corrected chi connectivity index (χ0v) is 19.9. The molecule has 7 atom stereocenters. The molecule has 3 amide bonds. The number of aliphatic hydroxyl groups excluding tert-OH is 1. The van der Waals surface area contributed by atoms with Crippen LogP contribution in [0.15, 0.2) is 0 Å². The van der Waals surface area contributed by atoms with Gasteiger partial charge >= 0.3 is 0 Å². The van der Waals surface area contributed by atoms with Crippen molar-refractivity contribution < 1.29 is 24.2 Å². The van der Waals surface area contributed by atoms with E-state index in [4.69, 9.17) is 4.74 Å². The molecule has 8 heteroatoms. The van der Waals surface area contributed by atoms with Crippen molar-refractivity contribution in [2.45, 2.75) is 96.1 Å². The zero-order valence-electron chi connectivity index (χ0n) is 19.9. The van der Waals surface area contributed by atoms with Crippen molar-refractivity contribution in [3.63, 3.8) is 0 Å². The quantitative estimate of drug-likeness (QED) is 0.555. The molecule has 1 spiro atoms. The highest BCUT2D eigenvalue weighted by Gasteiger charge is 2.79. The van der Waals surface area contributed by atoms with Crippen LogP contribution in [0.2, 0.25) is 0 Å². The van der Waals surface area contributed by atoms with Gasteiger partial charge in [0.2, 0.25) is 17.7 Å². The molecule has 3 aliphatic heterocycles. The van der Waals surface area contributed by atoms with Crippen LogP contribution in [0.5, 0.6) is 0 Å². The van der Waals surface area contributed by atoms with Gasteiger partial charge in [-0.3, -0.25) is 14.4 Å². The highest BCUT2D eigenvalue weighted by Crippen LogP contribution is 2.64. The fraction of sp³-hybridized carbons (Fsp3) is 0.870. The summed E-state index contributed by atoms with van der Waals surface area (Å²) in [4.78, 5) is 42.1. The Morgan fingerprint density at radius 1 is 1.26 bits per heavy atom. The minimum Gasteiger partial charge on any atom is -0.394 e. The van der Waals surface area contributed by atoms with E-state index in [9.17, 15) is 19.5 Å². The Kier molecular flexibility index (Phi) is 6.21. The summed E-state index contributed by atoms with van der Waals surface area (Å²) in [6.07, 6.45) is 2.52. The maximum atomic E-state index is 13.9. The lowest BCUT2D eigenvalue weighted by Gasteiger charge is -2.40. The Balaban J connectivity index is 2.16. The number of aliphatic hydroxyl groups is 1. The van der Waals surface area contributed by atoms with Crippen molar-refractivity contribution in [3.8, 4) is 0 Å². The van der Waals surface area contributed by atoms with Crippen LogP contribution >= 0.6 is 0 Å². The Labute approximate surface area is 185 Å². The third-order valence-corrected chi connectivity index (χ3v) is 7.74. The Bertz CT molecular complexity index is 750. The van der Waals surface area contributed by atoms with Gasteiger partial charge in [-0.05, 0) is 46.0 Å². The van der Waals surface area contributed by atoms with E-state index in [1.165, 1.54) is 0 Å². The smallest absolute Gasteiger partial charge is 0.246 e. The minimum absolute atomic E-state index is 0.00935. The van der Waals surface area contributed by atoms with Crippen LogP contribution in [0.25, 0.3) is 0 Å². The van der Waals surface area contributed by atoms with Crippen molar-refractivity contribution in [3.05, 3.63) is 0 Å². The van der Waals surface area contributed by atoms with E-state index in [1.807, 2.05) is 41.5 Å². The summed E-state index contributed by atoms with van der Waals surface area (Å²) in [5.74, 6) is -2.14. The maximum absolute atomic E-state index is 13.9. The molecule has 0 aromatic carbocycles. The summed E-state index contributed by atoms with van der Waals surface area (Å²) in [6.45, 7) is 11.4. The van der Waals surface area contributed by atoms with Gasteiger partial charge in [-0.2, -0.15) is 0 Å². The number of nitrogens with one attached hydrogen (secondary N) is 2. The van der Waals surface area contributed by atoms with Crippen LogP contribution in [0.4, 0.5) is 0 Å². The minimum atomic E-state index is -1.06. The summed E-state index contributed by atoms with van der Waals surface area (Å²) >= 11 is 0. The molecule has 3 saturated heterocycles. The SMILES string of the molecule is CC[C@H](C)[C@H](CO)N1C(=O)[C@@H]2[C@H](C(=O)NC)[C@]3(CC)CCC2(O3)C1C(=O)NC(C)(C)C. The average molecular weight is 438 g/mol. The Hall–Kier alpha value is -1.67. The number of amides is 3. The topological polar surface area (TPSA) is 108 Å². The first-order valence-electron chi connectivity index (χ1n) is 11.6.